The molecule has 1 aromatic carbocycles. The number of nitrogens with one attached hydrogen (secondary N) is 1. The van der Waals surface area contributed by atoms with Gasteiger partial charge >= 0.3 is 6.01 Å². The van der Waals surface area contributed by atoms with Crippen molar-refractivity contribution in [1.82, 2.24) is 10.1 Å². The fraction of sp³-hybridized carbons (Fsp3) is 0.273. The fourth-order valence-corrected chi connectivity index (χ4v) is 1.47. The maximum Gasteiger partial charge on any atom is 0.321 e. The molecule has 0 atom stereocenters. The van der Waals surface area contributed by atoms with Crippen molar-refractivity contribution in [2.24, 2.45) is 5.73 Å². The van der Waals surface area contributed by atoms with Gasteiger partial charge < -0.3 is 15.6 Å². The molecular weight excluding hydrogens is 204 g/mol. The number of hydrogen-bond donors (Lipinski definition) is 2. The third-order valence-electron chi connectivity index (χ3n) is 2.30. The third kappa shape index (κ3) is 2.38. The summed E-state index contributed by atoms with van der Waals surface area (Å²) in [7, 11) is 0. The first-order chi connectivity index (χ1) is 7.79. The van der Waals surface area contributed by atoms with Crippen LogP contribution in [0.4, 0.5) is 6.01 Å². The lowest BCUT2D eigenvalue weighted by Crippen LogP contribution is -2.06. The van der Waals surface area contributed by atoms with Crippen molar-refractivity contribution in [2.45, 2.75) is 20.0 Å². The number of aromatic nitrogens is 2. The quantitative estimate of drug-likeness (QED) is 0.812. The molecular formula is C11H14N4O. The smallest absolute Gasteiger partial charge is 0.321 e. The average Bonchev–Trinajstić information content (AvgIpc) is 2.73. The van der Waals surface area contributed by atoms with E-state index in [1.165, 1.54) is 0 Å². The molecule has 5 heteroatoms. The highest BCUT2D eigenvalue weighted by atomic mass is 16.5. The van der Waals surface area contributed by atoms with Gasteiger partial charge in [-0.1, -0.05) is 29.4 Å². The minimum absolute atomic E-state index is 0.435. The molecule has 0 bridgehead atoms. The van der Waals surface area contributed by atoms with E-state index < -0.39 is 0 Å². The summed E-state index contributed by atoms with van der Waals surface area (Å²) in [6.07, 6.45) is 0. The second-order valence-electron chi connectivity index (χ2n) is 3.47. The van der Waals surface area contributed by atoms with Crippen molar-refractivity contribution >= 4 is 6.01 Å². The Balaban J connectivity index is 2.04. The van der Waals surface area contributed by atoms with E-state index in [9.17, 15) is 0 Å². The van der Waals surface area contributed by atoms with Gasteiger partial charge in [-0.25, -0.2) is 0 Å². The van der Waals surface area contributed by atoms with Crippen LogP contribution in [0.2, 0.25) is 0 Å². The van der Waals surface area contributed by atoms with E-state index in [-0.39, 0.29) is 0 Å². The summed E-state index contributed by atoms with van der Waals surface area (Å²) in [5.41, 5.74) is 7.90. The number of nitrogens with two attached hydrogens (primary N) is 1. The summed E-state index contributed by atoms with van der Waals surface area (Å²) in [4.78, 5) is 4.06. The highest BCUT2D eigenvalue weighted by Crippen LogP contribution is 2.10. The predicted molar refractivity (Wildman–Crippen MR) is 60.7 cm³/mol. The number of benzene rings is 1. The van der Waals surface area contributed by atoms with Gasteiger partial charge in [0.2, 0.25) is 0 Å². The molecule has 2 aromatic rings. The highest BCUT2D eigenvalue weighted by molar-refractivity contribution is 5.30. The van der Waals surface area contributed by atoms with E-state index in [2.05, 4.69) is 15.5 Å². The summed E-state index contributed by atoms with van der Waals surface area (Å²) in [6, 6.07) is 8.43. The lowest BCUT2D eigenvalue weighted by Gasteiger charge is -2.06. The Kier molecular flexibility index (Phi) is 3.16. The van der Waals surface area contributed by atoms with E-state index in [4.69, 9.17) is 10.3 Å². The zero-order valence-electron chi connectivity index (χ0n) is 9.10. The summed E-state index contributed by atoms with van der Waals surface area (Å²) in [6.45, 7) is 2.94. The van der Waals surface area contributed by atoms with E-state index in [0.29, 0.717) is 24.9 Å². The van der Waals surface area contributed by atoms with Crippen molar-refractivity contribution in [3.63, 3.8) is 0 Å². The van der Waals surface area contributed by atoms with Crippen molar-refractivity contribution in [3.8, 4) is 0 Å². The Labute approximate surface area is 93.7 Å². The third-order valence-corrected chi connectivity index (χ3v) is 2.30. The van der Waals surface area contributed by atoms with E-state index in [0.717, 1.165) is 11.1 Å². The minimum atomic E-state index is 0.435. The van der Waals surface area contributed by atoms with Crippen molar-refractivity contribution in [2.75, 3.05) is 5.32 Å². The Morgan fingerprint density at radius 2 is 2.06 bits per heavy atom. The van der Waals surface area contributed by atoms with Crippen LogP contribution in [-0.2, 0) is 13.1 Å². The topological polar surface area (TPSA) is 77.0 Å². The Bertz CT molecular complexity index is 467. The molecule has 0 aliphatic carbocycles. The molecule has 5 nitrogen and oxygen atoms in total. The summed E-state index contributed by atoms with van der Waals surface area (Å²) >= 11 is 0. The van der Waals surface area contributed by atoms with Crippen LogP contribution < -0.4 is 11.1 Å². The predicted octanol–water partition coefficient (Wildman–Crippen LogP) is 1.45. The molecule has 0 aliphatic rings. The Morgan fingerprint density at radius 3 is 2.69 bits per heavy atom. The van der Waals surface area contributed by atoms with E-state index in [1.807, 2.05) is 24.3 Å². The molecule has 16 heavy (non-hydrogen) atoms. The highest BCUT2D eigenvalue weighted by Gasteiger charge is 2.03. The van der Waals surface area contributed by atoms with E-state index in [1.54, 1.807) is 6.92 Å². The van der Waals surface area contributed by atoms with Crippen molar-refractivity contribution in [3.05, 3.63) is 41.2 Å². The van der Waals surface area contributed by atoms with Gasteiger partial charge in [0.15, 0.2) is 5.82 Å². The van der Waals surface area contributed by atoms with Gasteiger partial charge in [-0.15, -0.1) is 0 Å². The molecule has 0 spiro atoms. The molecule has 0 radical (unpaired) electrons. The van der Waals surface area contributed by atoms with Gasteiger partial charge in [0.25, 0.3) is 0 Å². The second kappa shape index (κ2) is 4.76. The molecule has 1 aromatic heterocycles. The number of anilines is 1. The van der Waals surface area contributed by atoms with Crippen LogP contribution in [-0.4, -0.2) is 10.1 Å². The fourth-order valence-electron chi connectivity index (χ4n) is 1.47. The minimum Gasteiger partial charge on any atom is -0.334 e. The lowest BCUT2D eigenvalue weighted by atomic mass is 10.1. The van der Waals surface area contributed by atoms with Gasteiger partial charge in [0.1, 0.15) is 0 Å². The zero-order valence-corrected chi connectivity index (χ0v) is 9.10. The largest absolute Gasteiger partial charge is 0.334 e. The molecule has 0 fully saturated rings. The number of hydrogen-bond acceptors (Lipinski definition) is 5. The normalized spacial score (nSPS) is 10.4. The van der Waals surface area contributed by atoms with Crippen LogP contribution in [0.3, 0.4) is 0 Å². The van der Waals surface area contributed by atoms with Gasteiger partial charge in [-0.3, -0.25) is 0 Å². The van der Waals surface area contributed by atoms with Crippen molar-refractivity contribution in [1.29, 1.82) is 0 Å². The van der Waals surface area contributed by atoms with Gasteiger partial charge in [-0.2, -0.15) is 4.98 Å². The van der Waals surface area contributed by atoms with Crippen LogP contribution in [0, 0.1) is 6.92 Å². The first-order valence-corrected chi connectivity index (χ1v) is 5.10. The molecule has 3 N–H and O–H groups in total. The standard InChI is InChI=1S/C11H14N4O/c1-8-14-11(16-15-8)13-7-10-5-3-2-4-9(10)6-12/h2-5H,6-7,12H2,1H3,(H,13,14,15). The first-order valence-electron chi connectivity index (χ1n) is 5.10. The Morgan fingerprint density at radius 1 is 1.31 bits per heavy atom. The summed E-state index contributed by atoms with van der Waals surface area (Å²) in [5.74, 6) is 0.620. The maximum atomic E-state index is 5.64. The Hall–Kier alpha value is -1.88. The molecule has 84 valence electrons. The number of nitrogens with zero attached hydrogens (tertiary/aromatic N) is 2. The molecule has 0 saturated carbocycles. The lowest BCUT2D eigenvalue weighted by molar-refractivity contribution is 0.425. The van der Waals surface area contributed by atoms with Crippen LogP contribution >= 0.6 is 0 Å². The molecule has 0 unspecified atom stereocenters. The molecule has 0 amide bonds. The SMILES string of the molecule is Cc1noc(NCc2ccccc2CN)n1. The number of aryl methyl sites for hydroxylation is 1. The maximum absolute atomic E-state index is 5.64. The van der Waals surface area contributed by atoms with Gasteiger partial charge in [0.05, 0.1) is 0 Å². The van der Waals surface area contributed by atoms with E-state index >= 15 is 0 Å². The van der Waals surface area contributed by atoms with Crippen molar-refractivity contribution < 1.29 is 4.52 Å². The average molecular weight is 218 g/mol. The summed E-state index contributed by atoms with van der Waals surface area (Å²) in [5, 5.41) is 6.76. The second-order valence-corrected chi connectivity index (χ2v) is 3.47. The molecule has 2 rings (SSSR count). The molecule has 0 aliphatic heterocycles. The zero-order chi connectivity index (χ0) is 11.4. The van der Waals surface area contributed by atoms with Crippen LogP contribution in [0.5, 0.6) is 0 Å². The number of rotatable bonds is 4. The summed E-state index contributed by atoms with van der Waals surface area (Å²) < 4.78 is 4.96. The van der Waals surface area contributed by atoms with Crippen LogP contribution in [0.25, 0.3) is 0 Å². The molecule has 0 saturated heterocycles. The van der Waals surface area contributed by atoms with Crippen LogP contribution in [0.1, 0.15) is 17.0 Å². The molecule has 1 heterocycles. The van der Waals surface area contributed by atoms with Gasteiger partial charge in [-0.05, 0) is 18.1 Å². The monoisotopic (exact) mass is 218 g/mol. The van der Waals surface area contributed by atoms with Crippen LogP contribution in [0.15, 0.2) is 28.8 Å². The van der Waals surface area contributed by atoms with Gasteiger partial charge in [0, 0.05) is 13.1 Å². The first kappa shape index (κ1) is 10.6.